The number of amides is 1. The van der Waals surface area contributed by atoms with Gasteiger partial charge in [0, 0.05) is 17.6 Å². The lowest BCUT2D eigenvalue weighted by Gasteiger charge is -2.49. The third-order valence-electron chi connectivity index (χ3n) is 5.83. The van der Waals surface area contributed by atoms with Crippen molar-refractivity contribution in [3.05, 3.63) is 40.6 Å². The van der Waals surface area contributed by atoms with Crippen LogP contribution in [-0.4, -0.2) is 50.7 Å². The number of rotatable bonds is 5. The molecule has 3 saturated heterocycles. The fourth-order valence-electron chi connectivity index (χ4n) is 4.39. The molecule has 3 aliphatic heterocycles. The Balaban J connectivity index is 1.53. The maximum atomic E-state index is 12.9. The van der Waals surface area contributed by atoms with E-state index in [1.165, 1.54) is 11.3 Å². The number of hydrogen-bond acceptors (Lipinski definition) is 5. The minimum atomic E-state index is -3.38. The number of hydrogen-bond donors (Lipinski definition) is 2. The zero-order valence-corrected chi connectivity index (χ0v) is 17.6. The Morgan fingerprint density at radius 1 is 1.21 bits per heavy atom. The molecule has 5 rings (SSSR count). The van der Waals surface area contributed by atoms with Gasteiger partial charge in [0.1, 0.15) is 0 Å². The first-order valence-electron chi connectivity index (χ1n) is 9.52. The van der Waals surface area contributed by atoms with Gasteiger partial charge >= 0.3 is 0 Å². The molecule has 2 aromatic rings. The SMILES string of the molecule is C[C@@H]1[C@H](NC(=O)c2cc(-c3ccccc3NS(C)(=O)=O)cs2)C2CCN1CC2. The van der Waals surface area contributed by atoms with Gasteiger partial charge in [-0.1, -0.05) is 18.2 Å². The Kier molecular flexibility index (Phi) is 5.20. The van der Waals surface area contributed by atoms with Crippen LogP contribution in [-0.2, 0) is 10.0 Å². The summed E-state index contributed by atoms with van der Waals surface area (Å²) in [5.41, 5.74) is 2.11. The number of anilines is 1. The molecular weight excluding hydrogens is 394 g/mol. The molecule has 0 saturated carbocycles. The number of thiophene rings is 1. The maximum Gasteiger partial charge on any atom is 0.261 e. The molecule has 0 spiro atoms. The Bertz CT molecular complexity index is 976. The van der Waals surface area contributed by atoms with Crippen molar-refractivity contribution in [2.45, 2.75) is 31.8 Å². The van der Waals surface area contributed by atoms with Gasteiger partial charge in [0.2, 0.25) is 10.0 Å². The average Bonchev–Trinajstić information content (AvgIpc) is 3.14. The van der Waals surface area contributed by atoms with Crippen LogP contribution in [0.2, 0.25) is 0 Å². The summed E-state index contributed by atoms with van der Waals surface area (Å²) >= 11 is 1.39. The van der Waals surface area contributed by atoms with Crippen molar-refractivity contribution in [3.63, 3.8) is 0 Å². The lowest BCUT2D eigenvalue weighted by molar-refractivity contribution is 0.0218. The fraction of sp³-hybridized carbons (Fsp3) is 0.450. The normalized spacial score (nSPS) is 26.8. The van der Waals surface area contributed by atoms with Crippen molar-refractivity contribution in [3.8, 4) is 11.1 Å². The summed E-state index contributed by atoms with van der Waals surface area (Å²) in [5, 5.41) is 5.15. The number of nitrogens with one attached hydrogen (secondary N) is 2. The van der Waals surface area contributed by atoms with Crippen LogP contribution in [0.4, 0.5) is 5.69 Å². The highest BCUT2D eigenvalue weighted by Crippen LogP contribution is 2.34. The lowest BCUT2D eigenvalue weighted by atomic mass is 9.79. The van der Waals surface area contributed by atoms with Gasteiger partial charge in [0.05, 0.1) is 16.8 Å². The van der Waals surface area contributed by atoms with Crippen LogP contribution >= 0.6 is 11.3 Å². The van der Waals surface area contributed by atoms with E-state index in [2.05, 4.69) is 21.9 Å². The number of para-hydroxylation sites is 1. The van der Waals surface area contributed by atoms with E-state index in [0.29, 0.717) is 22.5 Å². The van der Waals surface area contributed by atoms with Crippen molar-refractivity contribution in [2.75, 3.05) is 24.1 Å². The molecular formula is C20H25N3O3S2. The first-order valence-corrected chi connectivity index (χ1v) is 12.3. The van der Waals surface area contributed by atoms with Crippen LogP contribution in [0.5, 0.6) is 0 Å². The summed E-state index contributed by atoms with van der Waals surface area (Å²) in [5.74, 6) is 0.512. The van der Waals surface area contributed by atoms with E-state index in [9.17, 15) is 13.2 Å². The van der Waals surface area contributed by atoms with E-state index in [1.807, 2.05) is 23.6 Å². The van der Waals surface area contributed by atoms with Crippen LogP contribution in [0.1, 0.15) is 29.4 Å². The molecule has 3 aliphatic rings. The van der Waals surface area contributed by atoms with E-state index >= 15 is 0 Å². The van der Waals surface area contributed by atoms with Gasteiger partial charge in [-0.15, -0.1) is 11.3 Å². The van der Waals surface area contributed by atoms with Gasteiger partial charge in [0.25, 0.3) is 5.91 Å². The quantitative estimate of drug-likeness (QED) is 0.781. The molecule has 2 N–H and O–H groups in total. The molecule has 0 unspecified atom stereocenters. The zero-order chi connectivity index (χ0) is 19.9. The summed E-state index contributed by atoms with van der Waals surface area (Å²) < 4.78 is 25.8. The van der Waals surface area contributed by atoms with Crippen LogP contribution in [0.15, 0.2) is 35.7 Å². The third kappa shape index (κ3) is 3.94. The van der Waals surface area contributed by atoms with Gasteiger partial charge in [-0.05, 0) is 61.8 Å². The van der Waals surface area contributed by atoms with E-state index in [1.54, 1.807) is 12.1 Å². The number of piperidine rings is 3. The van der Waals surface area contributed by atoms with Crippen molar-refractivity contribution >= 4 is 33.0 Å². The molecule has 8 heteroatoms. The molecule has 150 valence electrons. The van der Waals surface area contributed by atoms with Gasteiger partial charge in [-0.25, -0.2) is 8.42 Å². The molecule has 3 fully saturated rings. The molecule has 4 heterocycles. The van der Waals surface area contributed by atoms with Gasteiger partial charge < -0.3 is 5.32 Å². The van der Waals surface area contributed by atoms with Crippen molar-refractivity contribution in [1.29, 1.82) is 0 Å². The van der Waals surface area contributed by atoms with E-state index in [4.69, 9.17) is 0 Å². The molecule has 0 radical (unpaired) electrons. The van der Waals surface area contributed by atoms with Gasteiger partial charge in [-0.3, -0.25) is 14.4 Å². The highest BCUT2D eigenvalue weighted by molar-refractivity contribution is 7.92. The molecule has 28 heavy (non-hydrogen) atoms. The molecule has 2 atom stereocenters. The number of carbonyl (C=O) groups is 1. The molecule has 1 aromatic heterocycles. The third-order valence-corrected chi connectivity index (χ3v) is 7.35. The Morgan fingerprint density at radius 2 is 1.93 bits per heavy atom. The van der Waals surface area contributed by atoms with Crippen LogP contribution < -0.4 is 10.0 Å². The fourth-order valence-corrected chi connectivity index (χ4v) is 5.78. The maximum absolute atomic E-state index is 12.9. The number of carbonyl (C=O) groups excluding carboxylic acids is 1. The average molecular weight is 420 g/mol. The zero-order valence-electron chi connectivity index (χ0n) is 16.0. The van der Waals surface area contributed by atoms with Crippen molar-refractivity contribution in [1.82, 2.24) is 10.2 Å². The number of sulfonamides is 1. The molecule has 2 bridgehead atoms. The topological polar surface area (TPSA) is 78.5 Å². The number of fused-ring (bicyclic) bond motifs is 3. The van der Waals surface area contributed by atoms with Crippen molar-refractivity contribution in [2.24, 2.45) is 5.92 Å². The van der Waals surface area contributed by atoms with Crippen LogP contribution in [0.3, 0.4) is 0 Å². The second kappa shape index (κ2) is 7.50. The minimum absolute atomic E-state index is 0.0459. The summed E-state index contributed by atoms with van der Waals surface area (Å²) in [6.07, 6.45) is 3.43. The predicted octanol–water partition coefficient (Wildman–Crippen LogP) is 3.00. The standard InChI is InChI=1S/C20H25N3O3S2/c1-13-19(14-7-9-23(13)10-8-14)21-20(24)18-11-15(12-27-18)16-5-3-4-6-17(16)22-28(2,25)26/h3-6,11-14,19,22H,7-10H2,1-2H3,(H,21,24)/t13-,19+/m1/s1. The Hall–Kier alpha value is -1.90. The van der Waals surface area contributed by atoms with Gasteiger partial charge in [-0.2, -0.15) is 0 Å². The first kappa shape index (κ1) is 19.4. The largest absolute Gasteiger partial charge is 0.347 e. The highest BCUT2D eigenvalue weighted by Gasteiger charge is 2.40. The van der Waals surface area contributed by atoms with Crippen LogP contribution in [0.25, 0.3) is 11.1 Å². The minimum Gasteiger partial charge on any atom is -0.347 e. The van der Waals surface area contributed by atoms with Crippen molar-refractivity contribution < 1.29 is 13.2 Å². The number of nitrogens with zero attached hydrogens (tertiary/aromatic N) is 1. The molecule has 1 aromatic carbocycles. The summed E-state index contributed by atoms with van der Waals surface area (Å²) in [4.78, 5) is 16.0. The molecule has 6 nitrogen and oxygen atoms in total. The smallest absolute Gasteiger partial charge is 0.261 e. The number of benzene rings is 1. The van der Waals surface area contributed by atoms with Crippen LogP contribution in [0, 0.1) is 5.92 Å². The molecule has 1 amide bonds. The second-order valence-electron chi connectivity index (χ2n) is 7.73. The monoisotopic (exact) mass is 419 g/mol. The summed E-state index contributed by atoms with van der Waals surface area (Å²) in [6, 6.07) is 9.63. The Labute approximate surface area is 170 Å². The van der Waals surface area contributed by atoms with E-state index in [0.717, 1.165) is 43.3 Å². The van der Waals surface area contributed by atoms with Gasteiger partial charge in [0.15, 0.2) is 0 Å². The second-order valence-corrected chi connectivity index (χ2v) is 10.4. The Morgan fingerprint density at radius 3 is 2.61 bits per heavy atom. The highest BCUT2D eigenvalue weighted by atomic mass is 32.2. The lowest BCUT2D eigenvalue weighted by Crippen LogP contribution is -2.62. The van der Waals surface area contributed by atoms with E-state index in [-0.39, 0.29) is 11.9 Å². The summed E-state index contributed by atoms with van der Waals surface area (Å²) in [7, 11) is -3.38. The predicted molar refractivity (Wildman–Crippen MR) is 113 cm³/mol. The molecule has 0 aliphatic carbocycles. The first-order chi connectivity index (χ1) is 13.3. The summed E-state index contributed by atoms with van der Waals surface area (Å²) in [6.45, 7) is 4.46. The van der Waals surface area contributed by atoms with E-state index < -0.39 is 10.0 Å².